The van der Waals surface area contributed by atoms with E-state index in [2.05, 4.69) is 0 Å². The molecule has 11 heteroatoms. The lowest BCUT2D eigenvalue weighted by Crippen LogP contribution is -2.08. The van der Waals surface area contributed by atoms with Crippen LogP contribution < -0.4 is 5.43 Å². The molecule has 0 aromatic heterocycles. The molecule has 4 rings (SSSR count). The third kappa shape index (κ3) is 3.39. The maximum Gasteiger partial charge on any atom is 0.335 e. The highest BCUT2D eigenvalue weighted by Gasteiger charge is 2.24. The van der Waals surface area contributed by atoms with Gasteiger partial charge in [-0.1, -0.05) is 6.07 Å². The van der Waals surface area contributed by atoms with E-state index in [1.165, 1.54) is 0 Å². The van der Waals surface area contributed by atoms with Crippen molar-refractivity contribution in [3.63, 3.8) is 0 Å². The van der Waals surface area contributed by atoms with Crippen molar-refractivity contribution < 1.29 is 41.2 Å². The van der Waals surface area contributed by atoms with Gasteiger partial charge >= 0.3 is 5.97 Å². The summed E-state index contributed by atoms with van der Waals surface area (Å²) in [5.74, 6) is -4.92. The number of hydrogen-bond donors (Lipinski definition) is 2. The Hall–Kier alpha value is -3.83. The van der Waals surface area contributed by atoms with E-state index in [-0.39, 0.29) is 33.4 Å². The Morgan fingerprint density at radius 2 is 1.71 bits per heavy atom. The average molecular weight is 447 g/mol. The maximum atomic E-state index is 14.1. The number of rotatable bonds is 3. The number of benzene rings is 3. The molecule has 0 unspecified atom stereocenters. The first-order valence-electron chi connectivity index (χ1n) is 8.39. The summed E-state index contributed by atoms with van der Waals surface area (Å²) in [6.45, 7) is 0. The standard InChI is InChI=1S/C20H10F2O8S/c21-12-4-10-16(6-14(12)23)30-17-7-15(24)13(22)5-11(17)19(10)9-2-1-8(20(25)26)3-18(9)31(27,28)29/h1-7,23H,(H,25,26)(H,27,28,29)/p-1. The van der Waals surface area contributed by atoms with Crippen LogP contribution in [0.2, 0.25) is 0 Å². The van der Waals surface area contributed by atoms with Crippen LogP contribution >= 0.6 is 0 Å². The number of carboxylic acid groups (broad SMARTS) is 1. The Morgan fingerprint density at radius 3 is 2.35 bits per heavy atom. The maximum absolute atomic E-state index is 14.1. The summed E-state index contributed by atoms with van der Waals surface area (Å²) in [5.41, 5.74) is -2.52. The molecule has 0 amide bonds. The topological polar surface area (TPSA) is 145 Å². The van der Waals surface area contributed by atoms with Gasteiger partial charge in [0.2, 0.25) is 5.43 Å². The fourth-order valence-corrected chi connectivity index (χ4v) is 3.97. The lowest BCUT2D eigenvalue weighted by atomic mass is 9.93. The van der Waals surface area contributed by atoms with Crippen LogP contribution in [-0.4, -0.2) is 29.2 Å². The van der Waals surface area contributed by atoms with Crippen molar-refractivity contribution in [3.8, 4) is 28.2 Å². The van der Waals surface area contributed by atoms with Crippen LogP contribution in [0.5, 0.6) is 5.75 Å². The van der Waals surface area contributed by atoms with Crippen molar-refractivity contribution in [3.05, 3.63) is 69.9 Å². The van der Waals surface area contributed by atoms with E-state index in [4.69, 9.17) is 9.52 Å². The molecule has 1 aliphatic carbocycles. The Labute approximate surface area is 171 Å². The minimum Gasteiger partial charge on any atom is -0.744 e. The summed E-state index contributed by atoms with van der Waals surface area (Å²) in [5, 5.41) is 18.6. The average Bonchev–Trinajstić information content (AvgIpc) is 2.68. The lowest BCUT2D eigenvalue weighted by Gasteiger charge is -2.19. The smallest absolute Gasteiger partial charge is 0.335 e. The van der Waals surface area contributed by atoms with Gasteiger partial charge in [-0.2, -0.15) is 0 Å². The molecule has 1 heterocycles. The minimum absolute atomic E-state index is 0.158. The van der Waals surface area contributed by atoms with E-state index in [1.54, 1.807) is 0 Å². The van der Waals surface area contributed by atoms with E-state index in [1.807, 2.05) is 0 Å². The van der Waals surface area contributed by atoms with Crippen LogP contribution in [-0.2, 0) is 10.1 Å². The van der Waals surface area contributed by atoms with Crippen molar-refractivity contribution in [1.82, 2.24) is 0 Å². The summed E-state index contributed by atoms with van der Waals surface area (Å²) >= 11 is 0. The fraction of sp³-hybridized carbons (Fsp3) is 0. The Balaban J connectivity index is 2.27. The number of hydrogen-bond acceptors (Lipinski definition) is 7. The van der Waals surface area contributed by atoms with Gasteiger partial charge in [0, 0.05) is 34.2 Å². The molecular weight excluding hydrogens is 438 g/mol. The van der Waals surface area contributed by atoms with E-state index in [0.29, 0.717) is 6.07 Å². The molecule has 0 bridgehead atoms. The first kappa shape index (κ1) is 20.4. The van der Waals surface area contributed by atoms with Gasteiger partial charge in [-0.3, -0.25) is 4.79 Å². The number of phenols is 1. The van der Waals surface area contributed by atoms with Crippen LogP contribution in [0.15, 0.2) is 56.6 Å². The van der Waals surface area contributed by atoms with Crippen molar-refractivity contribution >= 4 is 27.1 Å². The lowest BCUT2D eigenvalue weighted by molar-refractivity contribution is 0.0696. The molecule has 2 N–H and O–H groups in total. The van der Waals surface area contributed by atoms with Crippen molar-refractivity contribution in [2.45, 2.75) is 4.90 Å². The van der Waals surface area contributed by atoms with Gasteiger partial charge in [0.05, 0.1) is 10.5 Å². The number of aromatic carboxylic acids is 1. The summed E-state index contributed by atoms with van der Waals surface area (Å²) in [4.78, 5) is 22.0. The molecule has 2 aromatic carbocycles. The third-order valence-electron chi connectivity index (χ3n) is 4.61. The summed E-state index contributed by atoms with van der Waals surface area (Å²) in [7, 11) is -5.25. The second kappa shape index (κ2) is 6.86. The molecule has 0 atom stereocenters. The largest absolute Gasteiger partial charge is 0.744 e. The van der Waals surface area contributed by atoms with E-state index < -0.39 is 49.4 Å². The van der Waals surface area contributed by atoms with Gasteiger partial charge in [0.25, 0.3) is 0 Å². The highest BCUT2D eigenvalue weighted by atomic mass is 32.2. The van der Waals surface area contributed by atoms with Gasteiger partial charge < -0.3 is 19.2 Å². The molecular formula is C20H9F2O8S-. The summed E-state index contributed by atoms with van der Waals surface area (Å²) < 4.78 is 69.4. The van der Waals surface area contributed by atoms with Crippen LogP contribution in [0.1, 0.15) is 10.4 Å². The SMILES string of the molecule is O=C(O)c1ccc(-c2c3cc(F)c(=O)cc-3oc3cc(O)c(F)cc23)c(S(=O)(=O)[O-])c1. The number of phenolic OH excluding ortho intramolecular Hbond substituents is 1. The zero-order valence-electron chi connectivity index (χ0n) is 15.0. The van der Waals surface area contributed by atoms with Gasteiger partial charge in [-0.05, 0) is 24.3 Å². The first-order valence-corrected chi connectivity index (χ1v) is 9.80. The number of fused-ring (bicyclic) bond motifs is 2. The first-order chi connectivity index (χ1) is 14.5. The van der Waals surface area contributed by atoms with Gasteiger partial charge in [-0.15, -0.1) is 0 Å². The molecule has 0 radical (unpaired) electrons. The summed E-state index contributed by atoms with van der Waals surface area (Å²) in [6, 6.07) is 5.76. The fourth-order valence-electron chi connectivity index (χ4n) is 3.26. The quantitative estimate of drug-likeness (QED) is 0.360. The van der Waals surface area contributed by atoms with Gasteiger partial charge in [-0.25, -0.2) is 22.0 Å². The highest BCUT2D eigenvalue weighted by Crippen LogP contribution is 2.43. The van der Waals surface area contributed by atoms with E-state index in [0.717, 1.165) is 36.4 Å². The zero-order valence-corrected chi connectivity index (χ0v) is 15.9. The van der Waals surface area contributed by atoms with Crippen molar-refractivity contribution in [2.75, 3.05) is 0 Å². The predicted molar refractivity (Wildman–Crippen MR) is 101 cm³/mol. The second-order valence-corrected chi connectivity index (χ2v) is 7.87. The molecule has 0 saturated heterocycles. The Kier molecular flexibility index (Phi) is 4.52. The van der Waals surface area contributed by atoms with E-state index in [9.17, 15) is 36.4 Å². The highest BCUT2D eigenvalue weighted by molar-refractivity contribution is 7.85. The predicted octanol–water partition coefficient (Wildman–Crippen LogP) is 3.15. The zero-order chi connectivity index (χ0) is 22.7. The Morgan fingerprint density at radius 1 is 1.00 bits per heavy atom. The Bertz CT molecular complexity index is 1540. The third-order valence-corrected chi connectivity index (χ3v) is 5.49. The molecule has 2 aliphatic rings. The van der Waals surface area contributed by atoms with Crippen molar-refractivity contribution in [1.29, 1.82) is 0 Å². The molecule has 158 valence electrons. The molecule has 0 fully saturated rings. The molecule has 8 nitrogen and oxygen atoms in total. The molecule has 1 aliphatic heterocycles. The molecule has 2 aromatic rings. The molecule has 31 heavy (non-hydrogen) atoms. The number of halogens is 2. The van der Waals surface area contributed by atoms with Crippen LogP contribution in [0.4, 0.5) is 8.78 Å². The molecule has 0 saturated carbocycles. The minimum atomic E-state index is -5.25. The van der Waals surface area contributed by atoms with Crippen LogP contribution in [0.25, 0.3) is 33.4 Å². The number of carboxylic acids is 1. The number of carbonyl (C=O) groups is 1. The summed E-state index contributed by atoms with van der Waals surface area (Å²) in [6.07, 6.45) is 0. The second-order valence-electron chi connectivity index (χ2n) is 6.53. The van der Waals surface area contributed by atoms with Crippen LogP contribution in [0.3, 0.4) is 0 Å². The monoisotopic (exact) mass is 447 g/mol. The van der Waals surface area contributed by atoms with Crippen LogP contribution in [0, 0.1) is 11.6 Å². The van der Waals surface area contributed by atoms with E-state index >= 15 is 0 Å². The molecule has 0 spiro atoms. The number of aromatic hydroxyl groups is 1. The van der Waals surface area contributed by atoms with Gasteiger partial charge in [0.1, 0.15) is 21.5 Å². The van der Waals surface area contributed by atoms with Crippen molar-refractivity contribution in [2.24, 2.45) is 0 Å². The normalized spacial score (nSPS) is 11.8. The van der Waals surface area contributed by atoms with Gasteiger partial charge in [0.15, 0.2) is 17.4 Å².